The summed E-state index contributed by atoms with van der Waals surface area (Å²) in [6.45, 7) is 5.03. The predicted molar refractivity (Wildman–Crippen MR) is 66.6 cm³/mol. The summed E-state index contributed by atoms with van der Waals surface area (Å²) in [6, 6.07) is 2.61. The molecule has 0 saturated heterocycles. The largest absolute Gasteiger partial charge is 0.377 e. The van der Waals surface area contributed by atoms with Crippen molar-refractivity contribution < 1.29 is 4.74 Å². The summed E-state index contributed by atoms with van der Waals surface area (Å²) in [5, 5.41) is 7.70. The van der Waals surface area contributed by atoms with Crippen molar-refractivity contribution in [3.8, 4) is 0 Å². The molecule has 2 unspecified atom stereocenters. The molecule has 3 heteroatoms. The lowest BCUT2D eigenvalue weighted by Gasteiger charge is -2.25. The molecule has 1 heterocycles. The van der Waals surface area contributed by atoms with E-state index in [2.05, 4.69) is 36.0 Å². The van der Waals surface area contributed by atoms with E-state index in [0.717, 1.165) is 19.4 Å². The Kier molecular flexibility index (Phi) is 5.91. The number of rotatable bonds is 7. The summed E-state index contributed by atoms with van der Waals surface area (Å²) in [6.07, 6.45) is 2.43. The lowest BCUT2D eigenvalue weighted by atomic mass is 10.0. The molecule has 1 rings (SSSR count). The van der Waals surface area contributed by atoms with Crippen molar-refractivity contribution in [1.82, 2.24) is 5.32 Å². The average molecular weight is 227 g/mol. The third-order valence-corrected chi connectivity index (χ3v) is 3.37. The minimum absolute atomic E-state index is 0.319. The Hall–Kier alpha value is -0.380. The first kappa shape index (κ1) is 12.7. The Morgan fingerprint density at radius 2 is 2.27 bits per heavy atom. The van der Waals surface area contributed by atoms with Gasteiger partial charge < -0.3 is 10.1 Å². The number of hydrogen-bond donors (Lipinski definition) is 1. The first-order valence-corrected chi connectivity index (χ1v) is 6.56. The van der Waals surface area contributed by atoms with Crippen LogP contribution in [0.1, 0.15) is 25.8 Å². The summed E-state index contributed by atoms with van der Waals surface area (Å²) in [4.78, 5) is 0. The topological polar surface area (TPSA) is 21.3 Å². The van der Waals surface area contributed by atoms with Crippen LogP contribution < -0.4 is 5.32 Å². The lowest BCUT2D eigenvalue weighted by molar-refractivity contribution is 0.0339. The standard InChI is InChI=1S/C12H21NOS/c1-4-12(14-5-2)11(13-3)8-10-6-7-15-9-10/h6-7,9,11-13H,4-5,8H2,1-3H3. The monoisotopic (exact) mass is 227 g/mol. The molecule has 0 bridgehead atoms. The van der Waals surface area contributed by atoms with Gasteiger partial charge in [0.05, 0.1) is 6.10 Å². The van der Waals surface area contributed by atoms with Crippen molar-refractivity contribution in [1.29, 1.82) is 0 Å². The second kappa shape index (κ2) is 6.99. The Labute approximate surface area is 96.7 Å². The third kappa shape index (κ3) is 3.93. The first-order chi connectivity index (χ1) is 7.31. The molecule has 0 spiro atoms. The molecule has 0 amide bonds. The van der Waals surface area contributed by atoms with Gasteiger partial charge in [0.15, 0.2) is 0 Å². The molecule has 0 aliphatic rings. The fraction of sp³-hybridized carbons (Fsp3) is 0.667. The van der Waals surface area contributed by atoms with Crippen LogP contribution >= 0.6 is 11.3 Å². The minimum atomic E-state index is 0.319. The summed E-state index contributed by atoms with van der Waals surface area (Å²) in [7, 11) is 2.01. The number of ether oxygens (including phenoxy) is 1. The van der Waals surface area contributed by atoms with Gasteiger partial charge in [-0.3, -0.25) is 0 Å². The second-order valence-electron chi connectivity index (χ2n) is 3.63. The molecule has 15 heavy (non-hydrogen) atoms. The van der Waals surface area contributed by atoms with Gasteiger partial charge in [-0.05, 0) is 49.2 Å². The van der Waals surface area contributed by atoms with Gasteiger partial charge in [-0.1, -0.05) is 6.92 Å². The van der Waals surface area contributed by atoms with Gasteiger partial charge in [0, 0.05) is 12.6 Å². The second-order valence-corrected chi connectivity index (χ2v) is 4.41. The molecule has 1 aromatic heterocycles. The summed E-state index contributed by atoms with van der Waals surface area (Å²) in [5.74, 6) is 0. The van der Waals surface area contributed by atoms with Crippen LogP contribution in [0.2, 0.25) is 0 Å². The maximum absolute atomic E-state index is 5.73. The zero-order valence-electron chi connectivity index (χ0n) is 9.82. The van der Waals surface area contributed by atoms with Gasteiger partial charge in [0.1, 0.15) is 0 Å². The minimum Gasteiger partial charge on any atom is -0.377 e. The van der Waals surface area contributed by atoms with E-state index in [-0.39, 0.29) is 0 Å². The molecule has 0 fully saturated rings. The van der Waals surface area contributed by atoms with Crippen molar-refractivity contribution in [3.63, 3.8) is 0 Å². The van der Waals surface area contributed by atoms with Crippen LogP contribution in [0, 0.1) is 0 Å². The Morgan fingerprint density at radius 1 is 1.47 bits per heavy atom. The van der Waals surface area contributed by atoms with E-state index < -0.39 is 0 Å². The lowest BCUT2D eigenvalue weighted by Crippen LogP contribution is -2.40. The van der Waals surface area contributed by atoms with Crippen LogP contribution in [0.25, 0.3) is 0 Å². The molecule has 0 aliphatic carbocycles. The molecular formula is C12H21NOS. The van der Waals surface area contributed by atoms with Gasteiger partial charge in [-0.15, -0.1) is 0 Å². The van der Waals surface area contributed by atoms with E-state index >= 15 is 0 Å². The fourth-order valence-corrected chi connectivity index (χ4v) is 2.50. The zero-order valence-corrected chi connectivity index (χ0v) is 10.6. The molecule has 86 valence electrons. The van der Waals surface area contributed by atoms with Crippen LogP contribution in [-0.2, 0) is 11.2 Å². The van der Waals surface area contributed by atoms with E-state index in [1.165, 1.54) is 5.56 Å². The van der Waals surface area contributed by atoms with Gasteiger partial charge in [-0.25, -0.2) is 0 Å². The summed E-state index contributed by atoms with van der Waals surface area (Å²) >= 11 is 1.76. The van der Waals surface area contributed by atoms with Gasteiger partial charge >= 0.3 is 0 Å². The zero-order chi connectivity index (χ0) is 11.1. The molecule has 0 aliphatic heterocycles. The Balaban J connectivity index is 2.53. The fourth-order valence-electron chi connectivity index (χ4n) is 1.81. The average Bonchev–Trinajstić information content (AvgIpc) is 2.75. The SMILES string of the molecule is CCOC(CC)C(Cc1ccsc1)NC. The number of thiophene rings is 1. The predicted octanol–water partition coefficient (Wildman–Crippen LogP) is 2.69. The van der Waals surface area contributed by atoms with Crippen molar-refractivity contribution in [2.45, 2.75) is 38.8 Å². The highest BCUT2D eigenvalue weighted by atomic mass is 32.1. The van der Waals surface area contributed by atoms with Gasteiger partial charge in [-0.2, -0.15) is 11.3 Å². The van der Waals surface area contributed by atoms with E-state index in [9.17, 15) is 0 Å². The maximum Gasteiger partial charge on any atom is 0.0728 e. The molecular weight excluding hydrogens is 206 g/mol. The van der Waals surface area contributed by atoms with Gasteiger partial charge in [0.25, 0.3) is 0 Å². The van der Waals surface area contributed by atoms with E-state index in [0.29, 0.717) is 12.1 Å². The van der Waals surface area contributed by atoms with E-state index in [4.69, 9.17) is 4.74 Å². The van der Waals surface area contributed by atoms with Gasteiger partial charge in [0.2, 0.25) is 0 Å². The van der Waals surface area contributed by atoms with Crippen LogP contribution in [0.4, 0.5) is 0 Å². The van der Waals surface area contributed by atoms with Crippen LogP contribution in [0.5, 0.6) is 0 Å². The molecule has 0 aromatic carbocycles. The molecule has 2 nitrogen and oxygen atoms in total. The first-order valence-electron chi connectivity index (χ1n) is 5.61. The van der Waals surface area contributed by atoms with Crippen molar-refractivity contribution >= 4 is 11.3 Å². The summed E-state index contributed by atoms with van der Waals surface area (Å²) < 4.78 is 5.73. The van der Waals surface area contributed by atoms with E-state index in [1.54, 1.807) is 11.3 Å². The van der Waals surface area contributed by atoms with E-state index in [1.807, 2.05) is 7.05 Å². The Morgan fingerprint density at radius 3 is 2.73 bits per heavy atom. The van der Waals surface area contributed by atoms with Crippen LogP contribution in [-0.4, -0.2) is 25.8 Å². The highest BCUT2D eigenvalue weighted by Crippen LogP contribution is 2.13. The quantitative estimate of drug-likeness (QED) is 0.773. The molecule has 0 radical (unpaired) electrons. The van der Waals surface area contributed by atoms with Crippen LogP contribution in [0.3, 0.4) is 0 Å². The molecule has 1 aromatic rings. The summed E-state index contributed by atoms with van der Waals surface area (Å²) in [5.41, 5.74) is 1.40. The molecule has 1 N–H and O–H groups in total. The smallest absolute Gasteiger partial charge is 0.0728 e. The number of hydrogen-bond acceptors (Lipinski definition) is 3. The highest BCUT2D eigenvalue weighted by molar-refractivity contribution is 7.07. The molecule has 2 atom stereocenters. The highest BCUT2D eigenvalue weighted by Gasteiger charge is 2.18. The van der Waals surface area contributed by atoms with Crippen molar-refractivity contribution in [2.24, 2.45) is 0 Å². The van der Waals surface area contributed by atoms with Crippen molar-refractivity contribution in [3.05, 3.63) is 22.4 Å². The number of nitrogens with one attached hydrogen (secondary N) is 1. The third-order valence-electron chi connectivity index (χ3n) is 2.64. The number of likely N-dealkylation sites (N-methyl/N-ethyl adjacent to an activating group) is 1. The Bertz CT molecular complexity index is 248. The maximum atomic E-state index is 5.73. The van der Waals surface area contributed by atoms with Crippen molar-refractivity contribution in [2.75, 3.05) is 13.7 Å². The molecule has 0 saturated carbocycles. The normalized spacial score (nSPS) is 15.1. The van der Waals surface area contributed by atoms with Crippen LogP contribution in [0.15, 0.2) is 16.8 Å².